The molecule has 3 unspecified atom stereocenters. The topological polar surface area (TPSA) is 67.5 Å². The zero-order valence-corrected chi connectivity index (χ0v) is 14.3. The number of hydrogen-bond donors (Lipinski definition) is 1. The minimum absolute atomic E-state index is 0.0745. The van der Waals surface area contributed by atoms with Crippen molar-refractivity contribution in [2.75, 3.05) is 19.8 Å². The summed E-state index contributed by atoms with van der Waals surface area (Å²) in [6.45, 7) is 7.98. The molecule has 1 aromatic heterocycles. The average Bonchev–Trinajstić information content (AvgIpc) is 3.26. The fourth-order valence-corrected chi connectivity index (χ4v) is 3.71. The van der Waals surface area contributed by atoms with Crippen molar-refractivity contribution in [1.82, 2.24) is 15.1 Å². The number of rotatable bonds is 5. The second kappa shape index (κ2) is 7.01. The van der Waals surface area contributed by atoms with Gasteiger partial charge in [-0.15, -0.1) is 0 Å². The molecular formula is C17H27N3O3. The number of ether oxygens (including phenoxy) is 2. The summed E-state index contributed by atoms with van der Waals surface area (Å²) in [6.07, 6.45) is 3.86. The Hall–Kier alpha value is -1.40. The van der Waals surface area contributed by atoms with E-state index >= 15 is 0 Å². The van der Waals surface area contributed by atoms with E-state index in [-0.39, 0.29) is 18.1 Å². The lowest BCUT2D eigenvalue weighted by Crippen LogP contribution is -2.39. The molecule has 2 aliphatic heterocycles. The minimum Gasteiger partial charge on any atom is -0.376 e. The first-order valence-electron chi connectivity index (χ1n) is 8.63. The van der Waals surface area contributed by atoms with Gasteiger partial charge in [0.05, 0.1) is 24.4 Å². The molecule has 6 nitrogen and oxygen atoms in total. The molecule has 0 aromatic carbocycles. The van der Waals surface area contributed by atoms with Crippen LogP contribution in [0.5, 0.6) is 0 Å². The van der Waals surface area contributed by atoms with Gasteiger partial charge in [-0.05, 0) is 46.5 Å². The van der Waals surface area contributed by atoms with Crippen LogP contribution in [0.25, 0.3) is 0 Å². The number of nitrogens with zero attached hydrogens (tertiary/aromatic N) is 2. The van der Waals surface area contributed by atoms with Crippen molar-refractivity contribution in [2.24, 2.45) is 0 Å². The third-order valence-corrected chi connectivity index (χ3v) is 4.96. The number of likely N-dealkylation sites (tertiary alicyclic amines) is 1. The highest BCUT2D eigenvalue weighted by atomic mass is 16.5. The molecular weight excluding hydrogens is 294 g/mol. The van der Waals surface area contributed by atoms with Crippen molar-refractivity contribution in [3.8, 4) is 0 Å². The predicted octanol–water partition coefficient (Wildman–Crippen LogP) is 2.27. The van der Waals surface area contributed by atoms with Gasteiger partial charge in [0.1, 0.15) is 6.10 Å². The van der Waals surface area contributed by atoms with Crippen molar-refractivity contribution in [2.45, 2.75) is 64.7 Å². The molecule has 1 N–H and O–H groups in total. The van der Waals surface area contributed by atoms with E-state index in [1.54, 1.807) is 0 Å². The number of aromatic amines is 1. The molecule has 1 amide bonds. The Bertz CT molecular complexity index is 532. The molecule has 3 rings (SSSR count). The van der Waals surface area contributed by atoms with Gasteiger partial charge in [-0.3, -0.25) is 9.89 Å². The van der Waals surface area contributed by atoms with Crippen LogP contribution in [0.3, 0.4) is 0 Å². The van der Waals surface area contributed by atoms with Crippen LogP contribution in [0, 0.1) is 13.8 Å². The summed E-state index contributed by atoms with van der Waals surface area (Å²) in [5.74, 6) is 0.0745. The molecule has 6 heteroatoms. The quantitative estimate of drug-likeness (QED) is 0.903. The molecule has 2 saturated heterocycles. The van der Waals surface area contributed by atoms with Gasteiger partial charge in [0.25, 0.3) is 5.91 Å². The SMILES string of the molecule is Cc1n[nH]c(C)c1C1CCCN1C(=O)C(C)OCC1CCCO1. The lowest BCUT2D eigenvalue weighted by Gasteiger charge is -2.28. The minimum atomic E-state index is -0.424. The number of carbonyl (C=O) groups is 1. The molecule has 0 bridgehead atoms. The summed E-state index contributed by atoms with van der Waals surface area (Å²) in [5.41, 5.74) is 3.21. The van der Waals surface area contributed by atoms with E-state index in [1.807, 2.05) is 25.7 Å². The molecule has 0 spiro atoms. The number of hydrogen-bond acceptors (Lipinski definition) is 4. The van der Waals surface area contributed by atoms with E-state index in [1.165, 1.54) is 5.56 Å². The Kier molecular flexibility index (Phi) is 5.02. The van der Waals surface area contributed by atoms with Crippen LogP contribution in [-0.4, -0.2) is 53.0 Å². The molecule has 0 radical (unpaired) electrons. The van der Waals surface area contributed by atoms with E-state index in [9.17, 15) is 4.79 Å². The Morgan fingerprint density at radius 3 is 2.91 bits per heavy atom. The average molecular weight is 321 g/mol. The number of H-pyrrole nitrogens is 1. The molecule has 128 valence electrons. The van der Waals surface area contributed by atoms with Gasteiger partial charge in [-0.2, -0.15) is 5.10 Å². The highest BCUT2D eigenvalue weighted by Crippen LogP contribution is 2.35. The fourth-order valence-electron chi connectivity index (χ4n) is 3.71. The smallest absolute Gasteiger partial charge is 0.251 e. The van der Waals surface area contributed by atoms with Crippen LogP contribution >= 0.6 is 0 Å². The predicted molar refractivity (Wildman–Crippen MR) is 86.1 cm³/mol. The van der Waals surface area contributed by atoms with Gasteiger partial charge < -0.3 is 14.4 Å². The number of amides is 1. The first kappa shape index (κ1) is 16.5. The van der Waals surface area contributed by atoms with Gasteiger partial charge in [0.2, 0.25) is 0 Å². The van der Waals surface area contributed by atoms with Crippen molar-refractivity contribution in [3.05, 3.63) is 17.0 Å². The van der Waals surface area contributed by atoms with E-state index < -0.39 is 6.10 Å². The van der Waals surface area contributed by atoms with E-state index in [4.69, 9.17) is 9.47 Å². The Morgan fingerprint density at radius 2 is 2.26 bits per heavy atom. The van der Waals surface area contributed by atoms with Gasteiger partial charge in [-0.25, -0.2) is 0 Å². The molecule has 2 aliphatic rings. The Morgan fingerprint density at radius 1 is 1.43 bits per heavy atom. The molecule has 1 aromatic rings. The highest BCUT2D eigenvalue weighted by molar-refractivity contribution is 5.81. The van der Waals surface area contributed by atoms with E-state index in [2.05, 4.69) is 10.2 Å². The molecule has 0 aliphatic carbocycles. The van der Waals surface area contributed by atoms with E-state index in [0.29, 0.717) is 6.61 Å². The highest BCUT2D eigenvalue weighted by Gasteiger charge is 2.35. The third-order valence-electron chi connectivity index (χ3n) is 4.96. The van der Waals surface area contributed by atoms with Gasteiger partial charge in [0.15, 0.2) is 0 Å². The van der Waals surface area contributed by atoms with Gasteiger partial charge in [0, 0.05) is 24.4 Å². The molecule has 2 fully saturated rings. The van der Waals surface area contributed by atoms with Gasteiger partial charge in [-0.1, -0.05) is 0 Å². The monoisotopic (exact) mass is 321 g/mol. The number of aryl methyl sites for hydroxylation is 2. The van der Waals surface area contributed by atoms with Crippen molar-refractivity contribution < 1.29 is 14.3 Å². The Labute approximate surface area is 137 Å². The summed E-state index contributed by atoms with van der Waals surface area (Å²) in [7, 11) is 0. The largest absolute Gasteiger partial charge is 0.376 e. The normalized spacial score (nSPS) is 26.0. The molecule has 0 saturated carbocycles. The van der Waals surface area contributed by atoms with Crippen LogP contribution in [0.4, 0.5) is 0 Å². The second-order valence-corrected chi connectivity index (χ2v) is 6.65. The summed E-state index contributed by atoms with van der Waals surface area (Å²) in [6, 6.07) is 0.120. The van der Waals surface area contributed by atoms with Crippen LogP contribution in [0.2, 0.25) is 0 Å². The van der Waals surface area contributed by atoms with E-state index in [0.717, 1.165) is 50.2 Å². The number of carbonyl (C=O) groups excluding carboxylic acids is 1. The summed E-state index contributed by atoms with van der Waals surface area (Å²) in [4.78, 5) is 14.8. The molecule has 3 heterocycles. The maximum Gasteiger partial charge on any atom is 0.251 e. The Balaban J connectivity index is 1.63. The van der Waals surface area contributed by atoms with Crippen LogP contribution < -0.4 is 0 Å². The van der Waals surface area contributed by atoms with Crippen molar-refractivity contribution >= 4 is 5.91 Å². The van der Waals surface area contributed by atoms with Crippen LogP contribution in [0.1, 0.15) is 55.6 Å². The summed E-state index contributed by atoms with van der Waals surface area (Å²) in [5, 5.41) is 7.31. The summed E-state index contributed by atoms with van der Waals surface area (Å²) >= 11 is 0. The summed E-state index contributed by atoms with van der Waals surface area (Å²) < 4.78 is 11.3. The zero-order chi connectivity index (χ0) is 16.4. The maximum absolute atomic E-state index is 12.8. The number of nitrogens with one attached hydrogen (secondary N) is 1. The van der Waals surface area contributed by atoms with Crippen molar-refractivity contribution in [1.29, 1.82) is 0 Å². The van der Waals surface area contributed by atoms with Crippen molar-refractivity contribution in [3.63, 3.8) is 0 Å². The van der Waals surface area contributed by atoms with Gasteiger partial charge >= 0.3 is 0 Å². The first-order chi connectivity index (χ1) is 11.1. The lowest BCUT2D eigenvalue weighted by atomic mass is 10.0. The lowest BCUT2D eigenvalue weighted by molar-refractivity contribution is -0.145. The fraction of sp³-hybridized carbons (Fsp3) is 0.765. The molecule has 3 atom stereocenters. The van der Waals surface area contributed by atoms with Crippen LogP contribution in [0.15, 0.2) is 0 Å². The zero-order valence-electron chi connectivity index (χ0n) is 14.3. The first-order valence-corrected chi connectivity index (χ1v) is 8.63. The maximum atomic E-state index is 12.8. The molecule has 23 heavy (non-hydrogen) atoms. The standard InChI is InChI=1S/C17H27N3O3/c1-11-16(12(2)19-18-11)15-7-4-8-20(15)17(21)13(3)23-10-14-6-5-9-22-14/h13-15H,4-10H2,1-3H3,(H,18,19). The third kappa shape index (κ3) is 3.43. The second-order valence-electron chi connectivity index (χ2n) is 6.65. The number of aromatic nitrogens is 2. The van der Waals surface area contributed by atoms with Crippen LogP contribution in [-0.2, 0) is 14.3 Å².